The average Bonchev–Trinajstić information content (AvgIpc) is 3.25. The van der Waals surface area contributed by atoms with Gasteiger partial charge in [0.2, 0.25) is 5.91 Å². The Morgan fingerprint density at radius 2 is 2.00 bits per heavy atom. The summed E-state index contributed by atoms with van der Waals surface area (Å²) in [5.74, 6) is 0.677. The molecular weight excluding hydrogens is 396 g/mol. The number of carbonyl (C=O) groups excluding carboxylic acids is 1. The Hall–Kier alpha value is -1.99. The molecule has 0 aromatic heterocycles. The second-order valence-corrected chi connectivity index (χ2v) is 7.99. The minimum atomic E-state index is -0.723. The highest BCUT2D eigenvalue weighted by Gasteiger charge is 2.55. The largest absolute Gasteiger partial charge is 0.497 e. The van der Waals surface area contributed by atoms with E-state index in [9.17, 15) is 14.7 Å². The van der Waals surface area contributed by atoms with Crippen LogP contribution in [0.25, 0.3) is 0 Å². The summed E-state index contributed by atoms with van der Waals surface area (Å²) in [5, 5.41) is 12.8. The number of hydrogen-bond donors (Lipinski definition) is 2. The minimum absolute atomic E-state index is 0. The molecule has 2 unspecified atom stereocenters. The molecule has 0 spiro atoms. The van der Waals surface area contributed by atoms with Gasteiger partial charge in [0.15, 0.2) is 0 Å². The highest BCUT2D eigenvalue weighted by molar-refractivity contribution is 5.85. The molecule has 0 radical (unpaired) electrons. The van der Waals surface area contributed by atoms with Crippen LogP contribution in [0.2, 0.25) is 0 Å². The third kappa shape index (κ3) is 4.31. The second-order valence-electron chi connectivity index (χ2n) is 7.99. The molecule has 1 aromatic rings. The van der Waals surface area contributed by atoms with Crippen LogP contribution in [0.1, 0.15) is 44.7 Å². The summed E-state index contributed by atoms with van der Waals surface area (Å²) in [6, 6.07) is 4.83. The molecule has 1 aliphatic heterocycles. The first-order valence-corrected chi connectivity index (χ1v) is 9.82. The molecule has 0 bridgehead atoms. The van der Waals surface area contributed by atoms with E-state index in [0.29, 0.717) is 31.0 Å². The fourth-order valence-electron chi connectivity index (χ4n) is 4.73. The van der Waals surface area contributed by atoms with Crippen LogP contribution in [0.3, 0.4) is 0 Å². The number of amides is 1. The lowest BCUT2D eigenvalue weighted by atomic mass is 9.81. The van der Waals surface area contributed by atoms with Crippen LogP contribution in [-0.4, -0.2) is 55.2 Å². The highest BCUT2D eigenvalue weighted by Crippen LogP contribution is 2.49. The van der Waals surface area contributed by atoms with Crippen molar-refractivity contribution in [2.75, 3.05) is 27.3 Å². The van der Waals surface area contributed by atoms with Crippen molar-refractivity contribution >= 4 is 24.3 Å². The maximum atomic E-state index is 12.9. The second kappa shape index (κ2) is 9.22. The molecule has 7 nitrogen and oxygen atoms in total. The van der Waals surface area contributed by atoms with E-state index in [4.69, 9.17) is 9.47 Å². The van der Waals surface area contributed by atoms with E-state index < -0.39 is 11.4 Å². The summed E-state index contributed by atoms with van der Waals surface area (Å²) >= 11 is 0. The van der Waals surface area contributed by atoms with Gasteiger partial charge in [0, 0.05) is 18.7 Å². The number of halogens is 1. The summed E-state index contributed by atoms with van der Waals surface area (Å²) in [6.45, 7) is 4.86. The fourth-order valence-corrected chi connectivity index (χ4v) is 4.73. The number of fused-ring (bicyclic) bond motifs is 1. The van der Waals surface area contributed by atoms with Gasteiger partial charge < -0.3 is 19.9 Å². The molecule has 4 atom stereocenters. The van der Waals surface area contributed by atoms with Crippen LogP contribution < -0.4 is 14.8 Å². The van der Waals surface area contributed by atoms with Gasteiger partial charge >= 0.3 is 5.97 Å². The van der Waals surface area contributed by atoms with Crippen LogP contribution in [-0.2, 0) is 9.59 Å². The molecule has 1 saturated carbocycles. The van der Waals surface area contributed by atoms with Crippen molar-refractivity contribution in [3.05, 3.63) is 23.8 Å². The van der Waals surface area contributed by atoms with Crippen LogP contribution >= 0.6 is 12.4 Å². The molecule has 2 aliphatic rings. The van der Waals surface area contributed by atoms with Gasteiger partial charge in [-0.2, -0.15) is 0 Å². The third-order valence-electron chi connectivity index (χ3n) is 6.51. The molecule has 1 aliphatic carbocycles. The van der Waals surface area contributed by atoms with E-state index in [1.165, 1.54) is 0 Å². The van der Waals surface area contributed by atoms with Crippen molar-refractivity contribution in [2.24, 2.45) is 11.3 Å². The van der Waals surface area contributed by atoms with Crippen molar-refractivity contribution in [3.63, 3.8) is 0 Å². The van der Waals surface area contributed by atoms with E-state index in [-0.39, 0.29) is 36.3 Å². The monoisotopic (exact) mass is 426 g/mol. The molecular formula is C21H31ClN2O5. The zero-order valence-electron chi connectivity index (χ0n) is 17.4. The maximum Gasteiger partial charge on any atom is 0.311 e. The first-order chi connectivity index (χ1) is 13.3. The number of likely N-dealkylation sites (tertiary alicyclic amines) is 1. The molecule has 1 aromatic carbocycles. The lowest BCUT2D eigenvalue weighted by molar-refractivity contribution is -0.149. The number of carboxylic acids is 1. The summed E-state index contributed by atoms with van der Waals surface area (Å²) in [7, 11) is 3.19. The van der Waals surface area contributed by atoms with Gasteiger partial charge in [0.1, 0.15) is 11.5 Å². The number of benzene rings is 1. The number of rotatable bonds is 7. The number of ether oxygens (including phenoxy) is 2. The third-order valence-corrected chi connectivity index (χ3v) is 6.51. The van der Waals surface area contributed by atoms with Gasteiger partial charge in [0.25, 0.3) is 0 Å². The van der Waals surface area contributed by atoms with Crippen molar-refractivity contribution in [2.45, 2.75) is 45.2 Å². The van der Waals surface area contributed by atoms with Gasteiger partial charge in [0.05, 0.1) is 31.7 Å². The van der Waals surface area contributed by atoms with Gasteiger partial charge in [-0.3, -0.25) is 14.5 Å². The summed E-state index contributed by atoms with van der Waals surface area (Å²) in [6.07, 6.45) is 2.59. The summed E-state index contributed by atoms with van der Waals surface area (Å²) in [4.78, 5) is 26.8. The number of aliphatic carboxylic acids is 1. The Bertz CT molecular complexity index is 759. The zero-order valence-corrected chi connectivity index (χ0v) is 18.3. The predicted octanol–water partition coefficient (Wildman–Crippen LogP) is 2.88. The maximum absolute atomic E-state index is 12.9. The van der Waals surface area contributed by atoms with Crippen LogP contribution in [0.15, 0.2) is 18.2 Å². The molecule has 162 valence electrons. The normalized spacial score (nSPS) is 25.4. The molecule has 2 N–H and O–H groups in total. The van der Waals surface area contributed by atoms with E-state index >= 15 is 0 Å². The standard InChI is InChI=1S/C21H30N2O5.ClH/c1-13(17-10-16(27-3)7-8-18(17)28-4)22-19(24)14(2)23-11-15-6-5-9-21(15,12-23)20(25)26;/h7-8,10,13-15H,5-6,9,11-12H2,1-4H3,(H,22,24)(H,25,26);1H/t13?,14?,15-,21+;/m0./s1. The molecule has 2 fully saturated rings. The van der Waals surface area contributed by atoms with Crippen molar-refractivity contribution in [3.8, 4) is 11.5 Å². The lowest BCUT2D eigenvalue weighted by Crippen LogP contribution is -2.46. The van der Waals surface area contributed by atoms with E-state index in [2.05, 4.69) is 5.32 Å². The Labute approximate surface area is 178 Å². The zero-order chi connectivity index (χ0) is 20.5. The van der Waals surface area contributed by atoms with Crippen LogP contribution in [0, 0.1) is 11.3 Å². The number of carbonyl (C=O) groups is 2. The Balaban J connectivity index is 0.00000300. The number of nitrogens with one attached hydrogen (secondary N) is 1. The van der Waals surface area contributed by atoms with Gasteiger partial charge in [-0.15, -0.1) is 12.4 Å². The molecule has 8 heteroatoms. The molecule has 3 rings (SSSR count). The summed E-state index contributed by atoms with van der Waals surface area (Å²) in [5.41, 5.74) is 0.151. The predicted molar refractivity (Wildman–Crippen MR) is 112 cm³/mol. The Morgan fingerprint density at radius 1 is 1.28 bits per heavy atom. The van der Waals surface area contributed by atoms with Crippen molar-refractivity contribution in [1.29, 1.82) is 0 Å². The molecule has 1 heterocycles. The Kier molecular flexibility index (Phi) is 7.40. The average molecular weight is 427 g/mol. The first kappa shape index (κ1) is 23.3. The SMILES string of the molecule is COc1ccc(OC)c(C(C)NC(=O)C(C)N2C[C@@H]3CCC[C@@]3(C(=O)O)C2)c1.Cl. The number of methoxy groups -OCH3 is 2. The molecule has 1 amide bonds. The number of nitrogens with zero attached hydrogens (tertiary/aromatic N) is 1. The smallest absolute Gasteiger partial charge is 0.311 e. The van der Waals surface area contributed by atoms with Gasteiger partial charge in [-0.05, 0) is 50.8 Å². The highest BCUT2D eigenvalue weighted by atomic mass is 35.5. The van der Waals surface area contributed by atoms with E-state index in [1.807, 2.05) is 36.9 Å². The van der Waals surface area contributed by atoms with E-state index in [0.717, 1.165) is 18.4 Å². The van der Waals surface area contributed by atoms with Crippen LogP contribution in [0.5, 0.6) is 11.5 Å². The van der Waals surface area contributed by atoms with Crippen molar-refractivity contribution in [1.82, 2.24) is 10.2 Å². The lowest BCUT2D eigenvalue weighted by Gasteiger charge is -2.28. The molecule has 29 heavy (non-hydrogen) atoms. The van der Waals surface area contributed by atoms with Crippen LogP contribution in [0.4, 0.5) is 0 Å². The quantitative estimate of drug-likeness (QED) is 0.697. The first-order valence-electron chi connectivity index (χ1n) is 9.82. The molecule has 1 saturated heterocycles. The summed E-state index contributed by atoms with van der Waals surface area (Å²) < 4.78 is 10.7. The number of hydrogen-bond acceptors (Lipinski definition) is 5. The van der Waals surface area contributed by atoms with Gasteiger partial charge in [-0.25, -0.2) is 0 Å². The number of carboxylic acid groups (broad SMARTS) is 1. The topological polar surface area (TPSA) is 88.1 Å². The fraction of sp³-hybridized carbons (Fsp3) is 0.619. The van der Waals surface area contributed by atoms with E-state index in [1.54, 1.807) is 14.2 Å². The van der Waals surface area contributed by atoms with Crippen molar-refractivity contribution < 1.29 is 24.2 Å². The van der Waals surface area contributed by atoms with Gasteiger partial charge in [-0.1, -0.05) is 6.42 Å². The Morgan fingerprint density at radius 3 is 2.59 bits per heavy atom. The minimum Gasteiger partial charge on any atom is -0.497 e.